The molecule has 1 saturated heterocycles. The van der Waals surface area contributed by atoms with E-state index in [1.54, 1.807) is 14.0 Å². The normalized spacial score (nSPS) is 19.2. The van der Waals surface area contributed by atoms with Gasteiger partial charge in [0.05, 0.1) is 12.3 Å². The van der Waals surface area contributed by atoms with E-state index in [1.165, 1.54) is 22.7 Å². The minimum absolute atomic E-state index is 0.211. The summed E-state index contributed by atoms with van der Waals surface area (Å²) in [6.07, 6.45) is 0.629. The number of nitrogens with zero attached hydrogens (tertiary/aromatic N) is 3. The number of aromatic nitrogens is 1. The zero-order valence-electron chi connectivity index (χ0n) is 11.6. The minimum Gasteiger partial charge on any atom is -0.378 e. The summed E-state index contributed by atoms with van der Waals surface area (Å²) in [5.74, 6) is -0.506. The van der Waals surface area contributed by atoms with Crippen molar-refractivity contribution >= 4 is 27.5 Å². The van der Waals surface area contributed by atoms with Gasteiger partial charge in [-0.1, -0.05) is 0 Å². The second-order valence-electron chi connectivity index (χ2n) is 4.52. The molecule has 9 heteroatoms. The lowest BCUT2D eigenvalue weighted by Crippen LogP contribution is -2.50. The summed E-state index contributed by atoms with van der Waals surface area (Å²) < 4.78 is 31.4. The lowest BCUT2D eigenvalue weighted by atomic mass is 10.3. The molecule has 0 atom stereocenters. The Balaban J connectivity index is 2.31. The van der Waals surface area contributed by atoms with Crippen LogP contribution in [0.25, 0.3) is 0 Å². The lowest BCUT2D eigenvalue weighted by molar-refractivity contribution is 0.0845. The number of hydrogen-bond donors (Lipinski definition) is 0. The molecular weight excluding hydrogens is 302 g/mol. The molecule has 0 saturated carbocycles. The van der Waals surface area contributed by atoms with E-state index in [4.69, 9.17) is 4.74 Å². The first-order valence-corrected chi connectivity index (χ1v) is 8.33. The fraction of sp³-hybridized carbons (Fsp3) is 0.636. The van der Waals surface area contributed by atoms with Gasteiger partial charge in [0.2, 0.25) is 0 Å². The second kappa shape index (κ2) is 5.76. The van der Waals surface area contributed by atoms with Crippen molar-refractivity contribution < 1.29 is 17.9 Å². The van der Waals surface area contributed by atoms with Gasteiger partial charge in [-0.25, -0.2) is 9.29 Å². The van der Waals surface area contributed by atoms with Crippen LogP contribution in [0.4, 0.5) is 0 Å². The van der Waals surface area contributed by atoms with Crippen molar-refractivity contribution in [1.82, 2.24) is 13.6 Å². The number of thiazole rings is 1. The van der Waals surface area contributed by atoms with Crippen LogP contribution in [0.3, 0.4) is 0 Å². The highest BCUT2D eigenvalue weighted by molar-refractivity contribution is 7.87. The van der Waals surface area contributed by atoms with Crippen LogP contribution in [0.1, 0.15) is 26.8 Å². The zero-order valence-corrected chi connectivity index (χ0v) is 13.3. The van der Waals surface area contributed by atoms with Crippen LogP contribution in [0.5, 0.6) is 0 Å². The van der Waals surface area contributed by atoms with Crippen LogP contribution in [0, 0.1) is 6.92 Å². The van der Waals surface area contributed by atoms with Crippen molar-refractivity contribution in [2.75, 3.05) is 27.2 Å². The van der Waals surface area contributed by atoms with Gasteiger partial charge in [0.25, 0.3) is 5.91 Å². The molecule has 0 unspecified atom stereocenters. The molecule has 20 heavy (non-hydrogen) atoms. The van der Waals surface area contributed by atoms with Crippen LogP contribution < -0.4 is 0 Å². The number of aryl methyl sites for hydroxylation is 1. The predicted octanol–water partition coefficient (Wildman–Crippen LogP) is 0.620. The summed E-state index contributed by atoms with van der Waals surface area (Å²) >= 11 is 1.18. The molecule has 0 aliphatic carbocycles. The Hall–Kier alpha value is -1.03. The van der Waals surface area contributed by atoms with Crippen LogP contribution in [-0.4, -0.2) is 55.2 Å². The average Bonchev–Trinajstić information content (AvgIpc) is 2.73. The number of carbonyl (C=O) groups excluding carboxylic acids is 1. The molecule has 1 aromatic heterocycles. The summed E-state index contributed by atoms with van der Waals surface area (Å²) in [6, 6.07) is 0. The van der Waals surface area contributed by atoms with E-state index >= 15 is 0 Å². The Morgan fingerprint density at radius 2 is 2.15 bits per heavy atom. The smallest absolute Gasteiger partial charge is 0.306 e. The van der Waals surface area contributed by atoms with Gasteiger partial charge in [0, 0.05) is 27.2 Å². The third kappa shape index (κ3) is 2.71. The van der Waals surface area contributed by atoms with Gasteiger partial charge in [-0.3, -0.25) is 4.79 Å². The molecule has 0 spiro atoms. The van der Waals surface area contributed by atoms with Gasteiger partial charge in [0.1, 0.15) is 9.88 Å². The van der Waals surface area contributed by atoms with Gasteiger partial charge < -0.3 is 4.74 Å². The summed E-state index contributed by atoms with van der Waals surface area (Å²) in [5.41, 5.74) is 0.537. The monoisotopic (exact) mass is 319 g/mol. The Morgan fingerprint density at radius 1 is 1.45 bits per heavy atom. The van der Waals surface area contributed by atoms with Crippen molar-refractivity contribution in [2.45, 2.75) is 20.0 Å². The summed E-state index contributed by atoms with van der Waals surface area (Å²) in [6.45, 7) is 2.65. The van der Waals surface area contributed by atoms with E-state index in [0.29, 0.717) is 35.2 Å². The molecule has 2 rings (SSSR count). The average molecular weight is 319 g/mol. The second-order valence-corrected chi connectivity index (χ2v) is 7.56. The highest BCUT2D eigenvalue weighted by Gasteiger charge is 2.36. The molecule has 1 fully saturated rings. The molecule has 1 aliphatic heterocycles. The highest BCUT2D eigenvalue weighted by Crippen LogP contribution is 2.24. The molecule has 2 heterocycles. The van der Waals surface area contributed by atoms with Gasteiger partial charge >= 0.3 is 10.2 Å². The number of amides is 1. The van der Waals surface area contributed by atoms with Gasteiger partial charge in [0.15, 0.2) is 0 Å². The standard InChI is InChI=1S/C11H17N3O4S2/c1-8-10(19-9(12-8)7-18-3)11(15)14-6-4-5-13(2)20(14,16)17/h4-7H2,1-3H3. The minimum atomic E-state index is -3.70. The molecule has 0 bridgehead atoms. The number of methoxy groups -OCH3 is 1. The maximum atomic E-state index is 12.4. The SMILES string of the molecule is COCc1nc(C)c(C(=O)N2CCCN(C)S2(=O)=O)s1. The zero-order chi connectivity index (χ0) is 14.9. The number of hydrogen-bond acceptors (Lipinski definition) is 6. The number of carbonyl (C=O) groups is 1. The molecule has 1 amide bonds. The quantitative estimate of drug-likeness (QED) is 0.816. The maximum absolute atomic E-state index is 12.4. The van der Waals surface area contributed by atoms with E-state index in [9.17, 15) is 13.2 Å². The van der Waals surface area contributed by atoms with Crippen molar-refractivity contribution in [3.63, 3.8) is 0 Å². The van der Waals surface area contributed by atoms with Crippen LogP contribution in [0.15, 0.2) is 0 Å². The van der Waals surface area contributed by atoms with Crippen molar-refractivity contribution in [2.24, 2.45) is 0 Å². The van der Waals surface area contributed by atoms with Gasteiger partial charge in [-0.2, -0.15) is 12.7 Å². The van der Waals surface area contributed by atoms with Crippen LogP contribution in [-0.2, 0) is 21.6 Å². The number of ether oxygens (including phenoxy) is 1. The molecule has 1 aromatic rings. The van der Waals surface area contributed by atoms with Crippen molar-refractivity contribution in [3.05, 3.63) is 15.6 Å². The van der Waals surface area contributed by atoms with Crippen LogP contribution >= 0.6 is 11.3 Å². The lowest BCUT2D eigenvalue weighted by Gasteiger charge is -2.32. The Labute approximate surface area is 122 Å². The van der Waals surface area contributed by atoms with E-state index in [2.05, 4.69) is 4.98 Å². The summed E-state index contributed by atoms with van der Waals surface area (Å²) in [4.78, 5) is 17.0. The van der Waals surface area contributed by atoms with Crippen molar-refractivity contribution in [1.29, 1.82) is 0 Å². The maximum Gasteiger partial charge on any atom is 0.306 e. The Bertz CT molecular complexity index is 611. The summed E-state index contributed by atoms with van der Waals surface area (Å²) in [7, 11) is -0.684. The van der Waals surface area contributed by atoms with Gasteiger partial charge in [-0.15, -0.1) is 11.3 Å². The van der Waals surface area contributed by atoms with E-state index in [1.807, 2.05) is 0 Å². The molecule has 1 aliphatic rings. The number of rotatable bonds is 3. The van der Waals surface area contributed by atoms with Crippen LogP contribution in [0.2, 0.25) is 0 Å². The third-order valence-electron chi connectivity index (χ3n) is 3.04. The predicted molar refractivity (Wildman–Crippen MR) is 74.8 cm³/mol. The summed E-state index contributed by atoms with van der Waals surface area (Å²) in [5, 5.41) is 0.663. The molecule has 0 aromatic carbocycles. The fourth-order valence-electron chi connectivity index (χ4n) is 1.99. The van der Waals surface area contributed by atoms with E-state index in [-0.39, 0.29) is 6.54 Å². The van der Waals surface area contributed by atoms with E-state index < -0.39 is 16.1 Å². The Kier molecular flexibility index (Phi) is 4.43. The molecule has 0 radical (unpaired) electrons. The first-order valence-electron chi connectivity index (χ1n) is 6.11. The first kappa shape index (κ1) is 15.4. The van der Waals surface area contributed by atoms with E-state index in [0.717, 1.165) is 4.31 Å². The Morgan fingerprint density at radius 3 is 2.80 bits per heavy atom. The highest BCUT2D eigenvalue weighted by atomic mass is 32.2. The molecular formula is C11H17N3O4S2. The first-order chi connectivity index (χ1) is 9.37. The molecule has 112 valence electrons. The largest absolute Gasteiger partial charge is 0.378 e. The third-order valence-corrected chi connectivity index (χ3v) is 6.03. The fourth-order valence-corrected chi connectivity index (χ4v) is 4.39. The topological polar surface area (TPSA) is 79.8 Å². The van der Waals surface area contributed by atoms with Gasteiger partial charge in [-0.05, 0) is 13.3 Å². The van der Waals surface area contributed by atoms with Crippen molar-refractivity contribution in [3.8, 4) is 0 Å². The molecule has 0 N–H and O–H groups in total. The molecule has 7 nitrogen and oxygen atoms in total.